The average molecular weight is 441 g/mol. The summed E-state index contributed by atoms with van der Waals surface area (Å²) in [6.45, 7) is 6.23. The van der Waals surface area contributed by atoms with Crippen LogP contribution in [0.2, 0.25) is 5.02 Å². The van der Waals surface area contributed by atoms with Crippen molar-refractivity contribution in [3.8, 4) is 11.8 Å². The van der Waals surface area contributed by atoms with Crippen molar-refractivity contribution in [3.05, 3.63) is 59.0 Å². The third kappa shape index (κ3) is 4.86. The van der Waals surface area contributed by atoms with Gasteiger partial charge in [0, 0.05) is 62.1 Å². The molecule has 0 atom stereocenters. The van der Waals surface area contributed by atoms with E-state index < -0.39 is 0 Å². The number of hydrogen-bond donors (Lipinski definition) is 0. The zero-order valence-electron chi connectivity index (χ0n) is 17.7. The Morgan fingerprint density at radius 3 is 2.74 bits per heavy atom. The number of piperazine rings is 1. The van der Waals surface area contributed by atoms with Gasteiger partial charge in [-0.25, -0.2) is 9.67 Å². The van der Waals surface area contributed by atoms with E-state index in [4.69, 9.17) is 16.3 Å². The van der Waals surface area contributed by atoms with E-state index in [1.54, 1.807) is 30.3 Å². The molecule has 1 aliphatic heterocycles. The summed E-state index contributed by atoms with van der Waals surface area (Å²) >= 11 is 6.11. The van der Waals surface area contributed by atoms with Crippen LogP contribution in [0.15, 0.2) is 42.7 Å². The molecule has 1 saturated heterocycles. The normalized spacial score (nSPS) is 14.6. The Kier molecular flexibility index (Phi) is 6.48. The van der Waals surface area contributed by atoms with Gasteiger partial charge in [-0.05, 0) is 25.1 Å². The van der Waals surface area contributed by atoms with Gasteiger partial charge in [-0.2, -0.15) is 10.1 Å². The molecule has 0 bridgehead atoms. The first-order chi connectivity index (χ1) is 15.0. The van der Waals surface area contributed by atoms with Crippen LogP contribution in [0.4, 0.5) is 5.69 Å². The summed E-state index contributed by atoms with van der Waals surface area (Å²) in [5.41, 5.74) is 2.47. The van der Waals surface area contributed by atoms with Gasteiger partial charge in [-0.3, -0.25) is 9.69 Å². The lowest BCUT2D eigenvalue weighted by molar-refractivity contribution is 0.0962. The predicted molar refractivity (Wildman–Crippen MR) is 119 cm³/mol. The molecule has 3 aromatic rings. The molecule has 2 aromatic heterocycles. The molecule has 162 valence electrons. The first kappa shape index (κ1) is 21.3. The Balaban J connectivity index is 1.33. The molecule has 1 aromatic carbocycles. The summed E-state index contributed by atoms with van der Waals surface area (Å²) in [6.07, 6.45) is 3.65. The number of methoxy groups -OCH3 is 1. The van der Waals surface area contributed by atoms with Crippen LogP contribution >= 0.6 is 11.6 Å². The molecular weight excluding hydrogens is 416 g/mol. The van der Waals surface area contributed by atoms with Gasteiger partial charge in [0.05, 0.1) is 24.6 Å². The second-order valence-corrected chi connectivity index (χ2v) is 7.87. The lowest BCUT2D eigenvalue weighted by Gasteiger charge is -2.36. The van der Waals surface area contributed by atoms with Gasteiger partial charge in [-0.1, -0.05) is 17.7 Å². The molecule has 0 saturated carbocycles. The summed E-state index contributed by atoms with van der Waals surface area (Å²) in [7, 11) is 1.55. The van der Waals surface area contributed by atoms with E-state index in [1.165, 1.54) is 0 Å². The van der Waals surface area contributed by atoms with Gasteiger partial charge >= 0.3 is 0 Å². The number of hydrogen-bond acceptors (Lipinski definition) is 7. The fraction of sp³-hybridized carbons (Fsp3) is 0.364. The molecule has 0 aliphatic carbocycles. The fourth-order valence-electron chi connectivity index (χ4n) is 3.73. The number of ether oxygens (including phenoxy) is 1. The van der Waals surface area contributed by atoms with Gasteiger partial charge in [0.15, 0.2) is 5.78 Å². The molecule has 31 heavy (non-hydrogen) atoms. The summed E-state index contributed by atoms with van der Waals surface area (Å²) in [4.78, 5) is 26.0. The van der Waals surface area contributed by atoms with E-state index in [0.717, 1.165) is 49.1 Å². The minimum atomic E-state index is 0.0731. The highest BCUT2D eigenvalue weighted by Gasteiger charge is 2.20. The number of aromatic nitrogens is 4. The van der Waals surface area contributed by atoms with Crippen molar-refractivity contribution in [3.63, 3.8) is 0 Å². The molecule has 4 rings (SSSR count). The molecule has 8 nitrogen and oxygen atoms in total. The molecule has 9 heteroatoms. The lowest BCUT2D eigenvalue weighted by atomic mass is 10.1. The van der Waals surface area contributed by atoms with Crippen molar-refractivity contribution in [1.82, 2.24) is 24.6 Å². The number of carbonyl (C=O) groups excluding carboxylic acids is 1. The number of carbonyl (C=O) groups is 1. The fourth-order valence-corrected chi connectivity index (χ4v) is 3.91. The second kappa shape index (κ2) is 9.45. The minimum absolute atomic E-state index is 0.0731. The topological polar surface area (TPSA) is 76.4 Å². The molecule has 0 N–H and O–H groups in total. The van der Waals surface area contributed by atoms with E-state index in [2.05, 4.69) is 30.9 Å². The number of ketones is 1. The SMILES string of the molecule is COc1ccnc(-n2ncc(C(=O)CCN3CCN(c4cccc(Cl)c4)CC3)c2C)n1. The van der Waals surface area contributed by atoms with Crippen molar-refractivity contribution in [2.75, 3.05) is 44.7 Å². The minimum Gasteiger partial charge on any atom is -0.481 e. The van der Waals surface area contributed by atoms with Crippen molar-refractivity contribution in [1.29, 1.82) is 0 Å². The van der Waals surface area contributed by atoms with E-state index in [1.807, 2.05) is 25.1 Å². The van der Waals surface area contributed by atoms with Crippen molar-refractivity contribution in [2.45, 2.75) is 13.3 Å². The van der Waals surface area contributed by atoms with E-state index >= 15 is 0 Å². The first-order valence-corrected chi connectivity index (χ1v) is 10.6. The van der Waals surface area contributed by atoms with Crippen LogP contribution in [-0.2, 0) is 0 Å². The summed E-state index contributed by atoms with van der Waals surface area (Å²) < 4.78 is 6.71. The number of Topliss-reactive ketones (excluding diaryl/α,β-unsaturated/α-hetero) is 1. The predicted octanol–water partition coefficient (Wildman–Crippen LogP) is 3.03. The Morgan fingerprint density at radius 2 is 2.00 bits per heavy atom. The molecule has 1 aliphatic rings. The molecule has 0 radical (unpaired) electrons. The summed E-state index contributed by atoms with van der Waals surface area (Å²) in [6, 6.07) is 9.60. The standard InChI is InChI=1S/C22H25ClN6O2/c1-16-19(15-25-29(16)22-24-8-6-21(26-22)31-2)20(30)7-9-27-10-12-28(13-11-27)18-5-3-4-17(23)14-18/h3-6,8,14-15H,7,9-13H2,1-2H3. The highest BCUT2D eigenvalue weighted by atomic mass is 35.5. The molecule has 3 heterocycles. The van der Waals surface area contributed by atoms with E-state index in [9.17, 15) is 4.79 Å². The Morgan fingerprint density at radius 1 is 1.19 bits per heavy atom. The molecule has 0 spiro atoms. The molecule has 0 unspecified atom stereocenters. The van der Waals surface area contributed by atoms with Gasteiger partial charge in [-0.15, -0.1) is 0 Å². The molecule has 0 amide bonds. The average Bonchev–Trinajstić information content (AvgIpc) is 3.19. The third-order valence-corrected chi connectivity index (χ3v) is 5.76. The maximum absolute atomic E-state index is 12.8. The van der Waals surface area contributed by atoms with Crippen LogP contribution in [0.25, 0.3) is 5.95 Å². The summed E-state index contributed by atoms with van der Waals surface area (Å²) in [5, 5.41) is 5.06. The van der Waals surface area contributed by atoms with Crippen LogP contribution in [0.3, 0.4) is 0 Å². The van der Waals surface area contributed by atoms with Crippen LogP contribution < -0.4 is 9.64 Å². The number of rotatable bonds is 7. The highest BCUT2D eigenvalue weighted by Crippen LogP contribution is 2.21. The second-order valence-electron chi connectivity index (χ2n) is 7.44. The number of halogens is 1. The van der Waals surface area contributed by atoms with Gasteiger partial charge in [0.25, 0.3) is 5.95 Å². The number of benzene rings is 1. The summed E-state index contributed by atoms with van der Waals surface area (Å²) in [5.74, 6) is 0.904. The van der Waals surface area contributed by atoms with Crippen molar-refractivity contribution in [2.24, 2.45) is 0 Å². The van der Waals surface area contributed by atoms with Crippen LogP contribution in [0.1, 0.15) is 22.5 Å². The monoisotopic (exact) mass is 440 g/mol. The number of nitrogens with zero attached hydrogens (tertiary/aromatic N) is 6. The Labute approximate surface area is 186 Å². The maximum atomic E-state index is 12.8. The van der Waals surface area contributed by atoms with Crippen molar-refractivity contribution >= 4 is 23.1 Å². The van der Waals surface area contributed by atoms with Crippen LogP contribution in [0.5, 0.6) is 5.88 Å². The van der Waals surface area contributed by atoms with Gasteiger partial charge in [0.2, 0.25) is 5.88 Å². The zero-order chi connectivity index (χ0) is 21.8. The van der Waals surface area contributed by atoms with Crippen molar-refractivity contribution < 1.29 is 9.53 Å². The van der Waals surface area contributed by atoms with Crippen LogP contribution in [-0.4, -0.2) is 70.3 Å². The zero-order valence-corrected chi connectivity index (χ0v) is 18.4. The third-order valence-electron chi connectivity index (χ3n) is 5.53. The van der Waals surface area contributed by atoms with Gasteiger partial charge < -0.3 is 9.64 Å². The maximum Gasteiger partial charge on any atom is 0.254 e. The van der Waals surface area contributed by atoms with E-state index in [-0.39, 0.29) is 5.78 Å². The highest BCUT2D eigenvalue weighted by molar-refractivity contribution is 6.30. The Bertz CT molecular complexity index is 1060. The smallest absolute Gasteiger partial charge is 0.254 e. The number of anilines is 1. The molecular formula is C22H25ClN6O2. The quantitative estimate of drug-likeness (QED) is 0.522. The first-order valence-electron chi connectivity index (χ1n) is 10.2. The largest absolute Gasteiger partial charge is 0.481 e. The van der Waals surface area contributed by atoms with Gasteiger partial charge in [0.1, 0.15) is 0 Å². The van der Waals surface area contributed by atoms with E-state index in [0.29, 0.717) is 23.8 Å². The van der Waals surface area contributed by atoms with Crippen LogP contribution in [0, 0.1) is 6.92 Å². The molecule has 1 fully saturated rings. The lowest BCUT2D eigenvalue weighted by Crippen LogP contribution is -2.46. The Hall–Kier alpha value is -2.97.